The number of halogens is 1. The SMILES string of the molecule is C=C(/C(=C\S)NC(=O)NS(=O)(=O)c1ccccc1Cl)c1nc(C(=O)OC)c(O)c(=O)[nH]1. The number of esters is 1. The Bertz CT molecular complexity index is 1260. The number of ether oxygens (including phenoxy) is 1. The van der Waals surface area contributed by atoms with E-state index in [2.05, 4.69) is 39.2 Å². The molecule has 1 heterocycles. The van der Waals surface area contributed by atoms with Gasteiger partial charge in [-0.2, -0.15) is 0 Å². The molecule has 0 aliphatic rings. The maximum Gasteiger partial charge on any atom is 0.360 e. The second-order valence-corrected chi connectivity index (χ2v) is 7.93. The van der Waals surface area contributed by atoms with Crippen LogP contribution in [0.25, 0.3) is 5.57 Å². The summed E-state index contributed by atoms with van der Waals surface area (Å²) in [6, 6.07) is 4.27. The molecule has 4 N–H and O–H groups in total. The van der Waals surface area contributed by atoms with Gasteiger partial charge in [0.2, 0.25) is 5.75 Å². The van der Waals surface area contributed by atoms with Crippen molar-refractivity contribution in [2.24, 2.45) is 0 Å². The Labute approximate surface area is 186 Å². The van der Waals surface area contributed by atoms with Gasteiger partial charge in [0, 0.05) is 5.57 Å². The zero-order valence-electron chi connectivity index (χ0n) is 15.7. The molecule has 14 heteroatoms. The Morgan fingerprint density at radius 1 is 1.35 bits per heavy atom. The molecule has 0 unspecified atom stereocenters. The molecular weight excluding hydrogens is 472 g/mol. The molecule has 11 nitrogen and oxygen atoms in total. The van der Waals surface area contributed by atoms with Crippen LogP contribution in [0.4, 0.5) is 4.79 Å². The van der Waals surface area contributed by atoms with Crippen molar-refractivity contribution in [1.82, 2.24) is 20.0 Å². The molecule has 164 valence electrons. The predicted octanol–water partition coefficient (Wildman–Crippen LogP) is 1.39. The highest BCUT2D eigenvalue weighted by atomic mass is 35.5. The number of allylic oxidation sites excluding steroid dienone is 1. The highest BCUT2D eigenvalue weighted by Gasteiger charge is 2.23. The lowest BCUT2D eigenvalue weighted by Gasteiger charge is -2.14. The molecule has 0 atom stereocenters. The van der Waals surface area contributed by atoms with E-state index < -0.39 is 39.0 Å². The van der Waals surface area contributed by atoms with Crippen molar-refractivity contribution >= 4 is 51.8 Å². The third kappa shape index (κ3) is 5.45. The maximum absolute atomic E-state index is 12.4. The number of thiol groups is 1. The van der Waals surface area contributed by atoms with E-state index in [4.69, 9.17) is 11.6 Å². The van der Waals surface area contributed by atoms with Gasteiger partial charge in [-0.25, -0.2) is 27.7 Å². The van der Waals surface area contributed by atoms with Crippen molar-refractivity contribution < 1.29 is 27.9 Å². The van der Waals surface area contributed by atoms with Gasteiger partial charge in [0.1, 0.15) is 10.7 Å². The number of methoxy groups -OCH3 is 1. The third-order valence-electron chi connectivity index (χ3n) is 3.62. The topological polar surface area (TPSA) is 168 Å². The molecule has 0 saturated heterocycles. The molecule has 1 aromatic heterocycles. The summed E-state index contributed by atoms with van der Waals surface area (Å²) in [5, 5.41) is 12.8. The van der Waals surface area contributed by atoms with Crippen LogP contribution in [0.15, 0.2) is 51.6 Å². The number of carbonyl (C=O) groups excluding carboxylic acids is 2. The number of benzene rings is 1. The van der Waals surface area contributed by atoms with Crippen molar-refractivity contribution in [2.75, 3.05) is 7.11 Å². The number of rotatable bonds is 6. The largest absolute Gasteiger partial charge is 0.501 e. The average molecular weight is 487 g/mol. The van der Waals surface area contributed by atoms with Gasteiger partial charge in [0.25, 0.3) is 15.6 Å². The van der Waals surface area contributed by atoms with Gasteiger partial charge in [0.05, 0.1) is 17.8 Å². The van der Waals surface area contributed by atoms with Crippen LogP contribution in [0.5, 0.6) is 5.75 Å². The predicted molar refractivity (Wildman–Crippen MR) is 114 cm³/mol. The smallest absolute Gasteiger partial charge is 0.360 e. The van der Waals surface area contributed by atoms with Crippen LogP contribution in [-0.2, 0) is 14.8 Å². The Kier molecular flexibility index (Phi) is 7.49. The number of hydrogen-bond donors (Lipinski definition) is 5. The molecule has 31 heavy (non-hydrogen) atoms. The minimum Gasteiger partial charge on any atom is -0.501 e. The number of aromatic nitrogens is 2. The summed E-state index contributed by atoms with van der Waals surface area (Å²) in [6.45, 7) is 3.62. The fourth-order valence-electron chi connectivity index (χ4n) is 2.15. The van der Waals surface area contributed by atoms with Crippen LogP contribution >= 0.6 is 24.2 Å². The fourth-order valence-corrected chi connectivity index (χ4v) is 3.80. The summed E-state index contributed by atoms with van der Waals surface area (Å²) in [7, 11) is -3.29. The summed E-state index contributed by atoms with van der Waals surface area (Å²) in [5.74, 6) is -2.39. The Morgan fingerprint density at radius 2 is 2.00 bits per heavy atom. The van der Waals surface area contributed by atoms with Gasteiger partial charge in [-0.15, -0.1) is 12.6 Å². The maximum atomic E-state index is 12.4. The third-order valence-corrected chi connectivity index (χ3v) is 5.70. The molecule has 0 aliphatic carbocycles. The standard InChI is InChI=1S/C17H15ClN4O7S2/c1-8(14-20-12(16(25)29-2)13(23)15(24)21-14)10(7-30)19-17(26)22-31(27,28)11-6-4-3-5-9(11)18/h3-7,23,30H,1H2,2H3,(H2,19,22,26)(H,20,21,24)/b10-7+. The number of nitrogens with zero attached hydrogens (tertiary/aromatic N) is 1. The van der Waals surface area contributed by atoms with Gasteiger partial charge >= 0.3 is 12.0 Å². The first-order valence-corrected chi connectivity index (χ1v) is 10.4. The number of sulfonamides is 1. The molecule has 0 bridgehead atoms. The summed E-state index contributed by atoms with van der Waals surface area (Å²) in [6.07, 6.45) is 0. The van der Waals surface area contributed by atoms with Crippen LogP contribution < -0.4 is 15.6 Å². The molecule has 0 aliphatic heterocycles. The molecule has 0 saturated carbocycles. The van der Waals surface area contributed by atoms with E-state index in [0.29, 0.717) is 0 Å². The number of aromatic amines is 1. The highest BCUT2D eigenvalue weighted by molar-refractivity contribution is 7.90. The number of aromatic hydroxyl groups is 1. The van der Waals surface area contributed by atoms with Crippen molar-refractivity contribution in [3.63, 3.8) is 0 Å². The highest BCUT2D eigenvalue weighted by Crippen LogP contribution is 2.21. The molecule has 2 aromatic rings. The first-order chi connectivity index (χ1) is 14.5. The van der Waals surface area contributed by atoms with Crippen LogP contribution in [0, 0.1) is 0 Å². The van der Waals surface area contributed by atoms with E-state index in [1.165, 1.54) is 24.3 Å². The summed E-state index contributed by atoms with van der Waals surface area (Å²) >= 11 is 9.76. The van der Waals surface area contributed by atoms with Gasteiger partial charge in [0.15, 0.2) is 5.69 Å². The summed E-state index contributed by atoms with van der Waals surface area (Å²) in [4.78, 5) is 41.4. The monoisotopic (exact) mass is 486 g/mol. The number of H-pyrrole nitrogens is 1. The first-order valence-electron chi connectivity index (χ1n) is 8.05. The quantitative estimate of drug-likeness (QED) is 0.232. The van der Waals surface area contributed by atoms with Gasteiger partial charge in [-0.1, -0.05) is 30.3 Å². The molecule has 0 fully saturated rings. The number of amides is 2. The van der Waals surface area contributed by atoms with E-state index in [-0.39, 0.29) is 27.0 Å². The fraction of sp³-hybridized carbons (Fsp3) is 0.0588. The lowest BCUT2D eigenvalue weighted by atomic mass is 10.2. The van der Waals surface area contributed by atoms with Gasteiger partial charge in [-0.05, 0) is 17.5 Å². The Morgan fingerprint density at radius 3 is 2.58 bits per heavy atom. The van der Waals surface area contributed by atoms with Crippen molar-refractivity contribution in [3.8, 4) is 5.75 Å². The normalized spacial score (nSPS) is 11.5. The lowest BCUT2D eigenvalue weighted by molar-refractivity contribution is 0.0589. The molecule has 2 rings (SSSR count). The average Bonchev–Trinajstić information content (AvgIpc) is 2.72. The summed E-state index contributed by atoms with van der Waals surface area (Å²) < 4.78 is 30.9. The van der Waals surface area contributed by atoms with Crippen molar-refractivity contribution in [1.29, 1.82) is 0 Å². The number of carbonyl (C=O) groups is 2. The van der Waals surface area contributed by atoms with Crippen molar-refractivity contribution in [3.05, 3.63) is 68.8 Å². The van der Waals surface area contributed by atoms with Gasteiger partial charge < -0.3 is 20.1 Å². The van der Waals surface area contributed by atoms with Crippen molar-refractivity contribution in [2.45, 2.75) is 4.90 Å². The molecular formula is C17H15ClN4O7S2. The van der Waals surface area contributed by atoms with Crippen LogP contribution in [0.2, 0.25) is 5.02 Å². The number of urea groups is 1. The van der Waals surface area contributed by atoms with E-state index in [1.54, 1.807) is 4.72 Å². The molecule has 1 aromatic carbocycles. The molecule has 2 amide bonds. The van der Waals surface area contributed by atoms with E-state index >= 15 is 0 Å². The minimum atomic E-state index is -4.31. The zero-order valence-corrected chi connectivity index (χ0v) is 18.1. The van der Waals surface area contributed by atoms with Crippen LogP contribution in [-0.4, -0.2) is 42.6 Å². The van der Waals surface area contributed by atoms with E-state index in [1.807, 2.05) is 0 Å². The molecule has 0 radical (unpaired) electrons. The first kappa shape index (κ1) is 24.0. The Balaban J connectivity index is 2.28. The van der Waals surface area contributed by atoms with Crippen LogP contribution in [0.3, 0.4) is 0 Å². The second kappa shape index (κ2) is 9.68. The minimum absolute atomic E-state index is 0.0987. The number of nitrogens with one attached hydrogen (secondary N) is 3. The van der Waals surface area contributed by atoms with E-state index in [9.17, 15) is 27.9 Å². The van der Waals surface area contributed by atoms with Crippen LogP contribution in [0.1, 0.15) is 16.3 Å². The van der Waals surface area contributed by atoms with E-state index in [0.717, 1.165) is 12.5 Å². The summed E-state index contributed by atoms with van der Waals surface area (Å²) in [5.41, 5.74) is -2.11. The second-order valence-electron chi connectivity index (χ2n) is 5.61. The molecule has 0 spiro atoms. The Hall–Kier alpha value is -3.29. The number of hydrogen-bond acceptors (Lipinski definition) is 9. The zero-order chi connectivity index (χ0) is 23.3. The lowest BCUT2D eigenvalue weighted by Crippen LogP contribution is -2.39. The van der Waals surface area contributed by atoms with Gasteiger partial charge in [-0.3, -0.25) is 4.79 Å².